The van der Waals surface area contributed by atoms with Gasteiger partial charge in [0.25, 0.3) is 0 Å². The molecule has 3 N–H and O–H groups in total. The van der Waals surface area contributed by atoms with Crippen LogP contribution in [0.5, 0.6) is 0 Å². The molecule has 0 unspecified atom stereocenters. The van der Waals surface area contributed by atoms with E-state index in [-0.39, 0.29) is 0 Å². The zero-order chi connectivity index (χ0) is 25.5. The van der Waals surface area contributed by atoms with Gasteiger partial charge in [0.1, 0.15) is 35.1 Å². The largest absolute Gasteiger partial charge is 0.325 e. The highest BCUT2D eigenvalue weighted by atomic mass is 19.1. The Morgan fingerprint density at radius 2 is 0.694 bits per heavy atom. The molecule has 0 saturated carbocycles. The van der Waals surface area contributed by atoms with Crippen molar-refractivity contribution < 1.29 is 23.3 Å². The lowest BCUT2D eigenvalue weighted by molar-refractivity contribution is -0.254. The van der Waals surface area contributed by atoms with E-state index in [0.717, 1.165) is 5.69 Å². The van der Waals surface area contributed by atoms with Crippen LogP contribution in [0.1, 0.15) is 0 Å². The van der Waals surface area contributed by atoms with Gasteiger partial charge in [0.05, 0.1) is 0 Å². The zero-order valence-electron chi connectivity index (χ0n) is 19.4. The van der Waals surface area contributed by atoms with Crippen molar-refractivity contribution in [2.24, 2.45) is 0 Å². The molecule has 0 saturated heterocycles. The van der Waals surface area contributed by atoms with Crippen LogP contribution in [0.2, 0.25) is 0 Å². The summed E-state index contributed by atoms with van der Waals surface area (Å²) in [5, 5.41) is 0. The molecule has 0 aliphatic carbocycles. The standard InChI is InChI=1S/C24H16BF4.C6H7N/c26-21-9-1-5-17(13-21)25(18-6-2-10-22(27)14-18,19-7-3-11-23(28)15-19)20-8-4-12-24(29)16-20;7-6-4-2-1-3-5-6/h1-16H;1-5H,7H2/q-1;/p+1. The van der Waals surface area contributed by atoms with E-state index in [1.165, 1.54) is 48.5 Å². The van der Waals surface area contributed by atoms with Crippen molar-refractivity contribution in [2.75, 3.05) is 0 Å². The molecule has 0 aliphatic heterocycles. The van der Waals surface area contributed by atoms with E-state index in [1.54, 1.807) is 48.5 Å². The molecule has 0 atom stereocenters. The summed E-state index contributed by atoms with van der Waals surface area (Å²) in [6.07, 6.45) is -2.25. The van der Waals surface area contributed by atoms with Gasteiger partial charge in [0, 0.05) is 0 Å². The summed E-state index contributed by atoms with van der Waals surface area (Å²) in [5.74, 6) is -1.95. The first-order chi connectivity index (χ1) is 17.4. The summed E-state index contributed by atoms with van der Waals surface area (Å²) in [6.45, 7) is 0. The third kappa shape index (κ3) is 5.39. The van der Waals surface area contributed by atoms with Crippen molar-refractivity contribution in [3.63, 3.8) is 0 Å². The Hall–Kier alpha value is -4.16. The summed E-state index contributed by atoms with van der Waals surface area (Å²) in [6, 6.07) is 33.4. The molecule has 5 rings (SSSR count). The average molecular weight is 485 g/mol. The van der Waals surface area contributed by atoms with Crippen molar-refractivity contribution in [2.45, 2.75) is 0 Å². The number of hydrogen-bond acceptors (Lipinski definition) is 0. The fourth-order valence-corrected chi connectivity index (χ4v) is 4.74. The molecule has 0 bridgehead atoms. The van der Waals surface area contributed by atoms with Gasteiger partial charge in [0.15, 0.2) is 0 Å². The Morgan fingerprint density at radius 1 is 0.389 bits per heavy atom. The van der Waals surface area contributed by atoms with Gasteiger partial charge >= 0.3 is 0 Å². The van der Waals surface area contributed by atoms with Gasteiger partial charge in [-0.05, 0) is 36.4 Å². The van der Waals surface area contributed by atoms with Gasteiger partial charge < -0.3 is 5.73 Å². The molecule has 0 aliphatic rings. The average Bonchev–Trinajstić information content (AvgIpc) is 2.86. The van der Waals surface area contributed by atoms with E-state index >= 15 is 0 Å². The monoisotopic (exact) mass is 485 g/mol. The predicted molar refractivity (Wildman–Crippen MR) is 139 cm³/mol. The van der Waals surface area contributed by atoms with Crippen LogP contribution in [0, 0.1) is 23.3 Å². The molecule has 0 aromatic heterocycles. The lowest BCUT2D eigenvalue weighted by atomic mass is 9.13. The van der Waals surface area contributed by atoms with E-state index in [9.17, 15) is 17.6 Å². The Morgan fingerprint density at radius 3 is 0.917 bits per heavy atom. The summed E-state index contributed by atoms with van der Waals surface area (Å²) >= 11 is 0. The van der Waals surface area contributed by atoms with E-state index in [1.807, 2.05) is 30.3 Å². The van der Waals surface area contributed by atoms with Crippen LogP contribution in [-0.2, 0) is 0 Å². The fraction of sp³-hybridized carbons (Fsp3) is 0. The van der Waals surface area contributed by atoms with Crippen LogP contribution in [0.25, 0.3) is 0 Å². The molecule has 0 amide bonds. The highest BCUT2D eigenvalue weighted by molar-refractivity contribution is 7.19. The Labute approximate surface area is 207 Å². The third-order valence-corrected chi connectivity index (χ3v) is 6.24. The third-order valence-electron chi connectivity index (χ3n) is 6.24. The molecule has 0 fully saturated rings. The molecule has 6 heteroatoms. The molecule has 5 aromatic rings. The number of benzene rings is 5. The second-order valence-electron chi connectivity index (χ2n) is 8.57. The van der Waals surface area contributed by atoms with E-state index in [0.29, 0.717) is 21.9 Å². The van der Waals surface area contributed by atoms with E-state index < -0.39 is 29.4 Å². The number of quaternary nitrogens is 1. The van der Waals surface area contributed by atoms with Crippen LogP contribution in [0.15, 0.2) is 127 Å². The van der Waals surface area contributed by atoms with Crippen LogP contribution in [-0.4, -0.2) is 6.15 Å². The second-order valence-corrected chi connectivity index (χ2v) is 8.57. The highest BCUT2D eigenvalue weighted by Crippen LogP contribution is 2.13. The van der Waals surface area contributed by atoms with Gasteiger partial charge in [-0.2, -0.15) is 21.9 Å². The number of hydrogen-bond donors (Lipinski definition) is 1. The molecular weight excluding hydrogens is 461 g/mol. The first kappa shape index (κ1) is 25.0. The lowest BCUT2D eigenvalue weighted by Gasteiger charge is -2.44. The summed E-state index contributed by atoms with van der Waals surface area (Å²) in [4.78, 5) is 0. The van der Waals surface area contributed by atoms with Crippen LogP contribution < -0.4 is 27.6 Å². The second kappa shape index (κ2) is 11.1. The van der Waals surface area contributed by atoms with Gasteiger partial charge in [-0.15, -0.1) is 0 Å². The van der Waals surface area contributed by atoms with Crippen molar-refractivity contribution in [1.29, 1.82) is 0 Å². The lowest BCUT2D eigenvalue weighted by Crippen LogP contribution is -2.75. The number of rotatable bonds is 4. The van der Waals surface area contributed by atoms with Crippen molar-refractivity contribution in [1.82, 2.24) is 0 Å². The smallest absolute Gasteiger partial charge is 0.127 e. The minimum atomic E-state index is -2.25. The van der Waals surface area contributed by atoms with Gasteiger partial charge in [-0.1, -0.05) is 91.0 Å². The van der Waals surface area contributed by atoms with Crippen LogP contribution in [0.3, 0.4) is 0 Å². The fourth-order valence-electron chi connectivity index (χ4n) is 4.74. The first-order valence-corrected chi connectivity index (χ1v) is 11.5. The molecule has 0 radical (unpaired) electrons. The van der Waals surface area contributed by atoms with Gasteiger partial charge in [0.2, 0.25) is 0 Å². The van der Waals surface area contributed by atoms with Crippen molar-refractivity contribution >= 4 is 33.7 Å². The van der Waals surface area contributed by atoms with Gasteiger partial charge in [-0.3, -0.25) is 0 Å². The molecule has 0 heterocycles. The maximum absolute atomic E-state index is 14.3. The normalized spacial score (nSPS) is 10.9. The van der Waals surface area contributed by atoms with E-state index in [2.05, 4.69) is 5.73 Å². The molecule has 1 nitrogen and oxygen atoms in total. The maximum Gasteiger partial charge on any atom is 0.127 e. The quantitative estimate of drug-likeness (QED) is 0.292. The minimum Gasteiger partial charge on any atom is -0.325 e. The predicted octanol–water partition coefficient (Wildman–Crippen LogP) is 4.18. The molecule has 180 valence electrons. The molecule has 0 spiro atoms. The minimum absolute atomic E-state index is 0.488. The molecular formula is C30H24BF4N. The summed E-state index contributed by atoms with van der Waals surface area (Å²) in [5.41, 5.74) is 6.76. The SMILES string of the molecule is Fc1cccc([B-](c2cccc(F)c2)(c2cccc(F)c2)c2cccc(F)c2)c1.[NH3+]c1ccccc1. The number of halogens is 4. The van der Waals surface area contributed by atoms with Crippen molar-refractivity contribution in [3.8, 4) is 0 Å². The van der Waals surface area contributed by atoms with E-state index in [4.69, 9.17) is 0 Å². The van der Waals surface area contributed by atoms with Gasteiger partial charge in [-0.25, -0.2) is 17.6 Å². The summed E-state index contributed by atoms with van der Waals surface area (Å²) < 4.78 is 57.1. The first-order valence-electron chi connectivity index (χ1n) is 11.5. The Balaban J connectivity index is 0.000000375. The van der Waals surface area contributed by atoms with Crippen LogP contribution >= 0.6 is 0 Å². The Kier molecular flexibility index (Phi) is 7.66. The molecule has 5 aromatic carbocycles. The topological polar surface area (TPSA) is 27.6 Å². The van der Waals surface area contributed by atoms with Crippen molar-refractivity contribution in [3.05, 3.63) is 151 Å². The van der Waals surface area contributed by atoms with Crippen LogP contribution in [0.4, 0.5) is 23.2 Å². The zero-order valence-corrected chi connectivity index (χ0v) is 19.4. The Bertz CT molecular complexity index is 1270. The summed E-state index contributed by atoms with van der Waals surface area (Å²) in [7, 11) is 0. The highest BCUT2D eigenvalue weighted by Gasteiger charge is 2.32. The maximum atomic E-state index is 14.3. The molecule has 36 heavy (non-hydrogen) atoms.